The molecule has 0 spiro atoms. The molecule has 2 aromatic carbocycles. The normalized spacial score (nSPS) is 13.5. The van der Waals surface area contributed by atoms with Gasteiger partial charge in [-0.05, 0) is 47.5 Å². The Labute approximate surface area is 181 Å². The van der Waals surface area contributed by atoms with E-state index >= 15 is 0 Å². The van der Waals surface area contributed by atoms with Crippen LogP contribution in [0.3, 0.4) is 0 Å². The van der Waals surface area contributed by atoms with Gasteiger partial charge in [0.25, 0.3) is 0 Å². The SMILES string of the molecule is COc1ccc(CN(Cc2ccc3c(c2)OCO3)CC(O)COCc2ccco2)cc1. The molecule has 3 aromatic rings. The maximum absolute atomic E-state index is 10.6. The van der Waals surface area contributed by atoms with Crippen molar-refractivity contribution in [2.24, 2.45) is 0 Å². The van der Waals surface area contributed by atoms with Gasteiger partial charge < -0.3 is 28.5 Å². The van der Waals surface area contributed by atoms with Crippen LogP contribution in [0.25, 0.3) is 0 Å². The third-order valence-corrected chi connectivity index (χ3v) is 5.01. The molecule has 0 radical (unpaired) electrons. The lowest BCUT2D eigenvalue weighted by Gasteiger charge is -2.25. The molecule has 7 nitrogen and oxygen atoms in total. The molecule has 31 heavy (non-hydrogen) atoms. The van der Waals surface area contributed by atoms with Crippen molar-refractivity contribution in [3.05, 3.63) is 77.7 Å². The lowest BCUT2D eigenvalue weighted by molar-refractivity contribution is 0.00252. The fourth-order valence-corrected chi connectivity index (χ4v) is 3.51. The van der Waals surface area contributed by atoms with Gasteiger partial charge in [-0.15, -0.1) is 0 Å². The molecule has 2 heterocycles. The highest BCUT2D eigenvalue weighted by Gasteiger charge is 2.17. The van der Waals surface area contributed by atoms with Crippen LogP contribution >= 0.6 is 0 Å². The van der Waals surface area contributed by atoms with Crippen LogP contribution in [0.2, 0.25) is 0 Å². The highest BCUT2D eigenvalue weighted by Crippen LogP contribution is 2.33. The molecule has 0 aliphatic carbocycles. The topological polar surface area (TPSA) is 73.5 Å². The fourth-order valence-electron chi connectivity index (χ4n) is 3.51. The Morgan fingerprint density at radius 1 is 1.00 bits per heavy atom. The van der Waals surface area contributed by atoms with E-state index < -0.39 is 6.10 Å². The molecule has 1 aromatic heterocycles. The molecule has 0 amide bonds. The second-order valence-electron chi connectivity index (χ2n) is 7.45. The molecule has 1 aliphatic heterocycles. The van der Waals surface area contributed by atoms with Gasteiger partial charge in [-0.1, -0.05) is 18.2 Å². The first kappa shape index (κ1) is 21.2. The average Bonchev–Trinajstić information content (AvgIpc) is 3.46. The van der Waals surface area contributed by atoms with Crippen LogP contribution in [0.5, 0.6) is 17.2 Å². The third kappa shape index (κ3) is 6.01. The van der Waals surface area contributed by atoms with E-state index in [9.17, 15) is 5.11 Å². The summed E-state index contributed by atoms with van der Waals surface area (Å²) in [6.07, 6.45) is 0.971. The van der Waals surface area contributed by atoms with E-state index in [1.807, 2.05) is 54.6 Å². The van der Waals surface area contributed by atoms with Gasteiger partial charge in [-0.25, -0.2) is 0 Å². The van der Waals surface area contributed by atoms with Gasteiger partial charge in [0.1, 0.15) is 18.1 Å². The Hall–Kier alpha value is -3.00. The number of rotatable bonds is 11. The largest absolute Gasteiger partial charge is 0.497 e. The van der Waals surface area contributed by atoms with E-state index in [-0.39, 0.29) is 13.4 Å². The van der Waals surface area contributed by atoms with Crippen molar-refractivity contribution in [1.29, 1.82) is 0 Å². The van der Waals surface area contributed by atoms with Crippen LogP contribution in [0.15, 0.2) is 65.3 Å². The summed E-state index contributed by atoms with van der Waals surface area (Å²) >= 11 is 0. The monoisotopic (exact) mass is 425 g/mol. The zero-order valence-electron chi connectivity index (χ0n) is 17.5. The number of ether oxygens (including phenoxy) is 4. The van der Waals surface area contributed by atoms with Crippen molar-refractivity contribution in [3.8, 4) is 17.2 Å². The Balaban J connectivity index is 1.39. The van der Waals surface area contributed by atoms with Gasteiger partial charge in [0.05, 0.1) is 26.1 Å². The smallest absolute Gasteiger partial charge is 0.231 e. The van der Waals surface area contributed by atoms with E-state index in [2.05, 4.69) is 4.90 Å². The van der Waals surface area contributed by atoms with Gasteiger partial charge in [0.15, 0.2) is 11.5 Å². The second-order valence-corrected chi connectivity index (χ2v) is 7.45. The minimum Gasteiger partial charge on any atom is -0.497 e. The minimum atomic E-state index is -0.637. The molecule has 1 unspecified atom stereocenters. The number of nitrogens with zero attached hydrogens (tertiary/aromatic N) is 1. The van der Waals surface area contributed by atoms with E-state index in [0.29, 0.717) is 26.2 Å². The molecular formula is C24H27NO6. The number of benzene rings is 2. The molecule has 1 N–H and O–H groups in total. The van der Waals surface area contributed by atoms with E-state index in [1.165, 1.54) is 0 Å². The van der Waals surface area contributed by atoms with Crippen molar-refractivity contribution >= 4 is 0 Å². The molecule has 1 aliphatic rings. The minimum absolute atomic E-state index is 0.223. The Kier molecular flexibility index (Phi) is 7.09. The first-order valence-electron chi connectivity index (χ1n) is 10.2. The van der Waals surface area contributed by atoms with Crippen LogP contribution in [-0.2, 0) is 24.4 Å². The molecular weight excluding hydrogens is 398 g/mol. The van der Waals surface area contributed by atoms with Gasteiger partial charge >= 0.3 is 0 Å². The first-order valence-corrected chi connectivity index (χ1v) is 10.2. The lowest BCUT2D eigenvalue weighted by Crippen LogP contribution is -2.34. The molecule has 0 saturated carbocycles. The van der Waals surface area contributed by atoms with Gasteiger partial charge in [-0.3, -0.25) is 4.90 Å². The molecule has 0 fully saturated rings. The number of methoxy groups -OCH3 is 1. The van der Waals surface area contributed by atoms with Crippen molar-refractivity contribution in [2.45, 2.75) is 25.8 Å². The van der Waals surface area contributed by atoms with Crippen molar-refractivity contribution < 1.29 is 28.5 Å². The van der Waals surface area contributed by atoms with Crippen LogP contribution in [0, 0.1) is 0 Å². The molecule has 0 bridgehead atoms. The summed E-state index contributed by atoms with van der Waals surface area (Å²) in [7, 11) is 1.65. The standard InChI is InChI=1S/C24H27NO6/c1-27-21-7-4-18(5-8-21)12-25(13-19-6-9-23-24(11-19)31-17-30-23)14-20(26)15-28-16-22-3-2-10-29-22/h2-11,20,26H,12-17H2,1H3. The number of furan rings is 1. The van der Waals surface area contributed by atoms with Gasteiger partial charge in [0, 0.05) is 19.6 Å². The molecule has 4 rings (SSSR count). The zero-order chi connectivity index (χ0) is 21.5. The summed E-state index contributed by atoms with van der Waals surface area (Å²) in [5, 5.41) is 10.6. The Bertz CT molecular complexity index is 941. The molecule has 7 heteroatoms. The van der Waals surface area contributed by atoms with Crippen LogP contribution in [0.1, 0.15) is 16.9 Å². The maximum atomic E-state index is 10.6. The summed E-state index contributed by atoms with van der Waals surface area (Å²) in [6.45, 7) is 2.59. The van der Waals surface area contributed by atoms with Gasteiger partial charge in [-0.2, -0.15) is 0 Å². The predicted molar refractivity (Wildman–Crippen MR) is 114 cm³/mol. The predicted octanol–water partition coefficient (Wildman–Crippen LogP) is 3.60. The molecule has 1 atom stereocenters. The summed E-state index contributed by atoms with van der Waals surface area (Å²) in [5.74, 6) is 3.07. The Morgan fingerprint density at radius 3 is 2.55 bits per heavy atom. The first-order chi connectivity index (χ1) is 15.2. The Morgan fingerprint density at radius 2 is 1.77 bits per heavy atom. The number of fused-ring (bicyclic) bond motifs is 1. The molecule has 164 valence electrons. The number of aliphatic hydroxyl groups excluding tert-OH is 1. The van der Waals surface area contributed by atoms with Crippen LogP contribution in [-0.4, -0.2) is 43.2 Å². The summed E-state index contributed by atoms with van der Waals surface area (Å²) in [6, 6.07) is 17.5. The summed E-state index contributed by atoms with van der Waals surface area (Å²) in [5.41, 5.74) is 2.21. The van der Waals surface area contributed by atoms with E-state index in [4.69, 9.17) is 23.4 Å². The number of hydrogen-bond donors (Lipinski definition) is 1. The molecule has 0 saturated heterocycles. The van der Waals surface area contributed by atoms with Crippen molar-refractivity contribution in [2.75, 3.05) is 27.1 Å². The fraction of sp³-hybridized carbons (Fsp3) is 0.333. The average molecular weight is 425 g/mol. The van der Waals surface area contributed by atoms with Crippen molar-refractivity contribution in [3.63, 3.8) is 0 Å². The highest BCUT2D eigenvalue weighted by atomic mass is 16.7. The summed E-state index contributed by atoms with van der Waals surface area (Å²) < 4.78 is 27.0. The van der Waals surface area contributed by atoms with E-state index in [0.717, 1.165) is 34.1 Å². The van der Waals surface area contributed by atoms with Crippen LogP contribution < -0.4 is 14.2 Å². The second kappa shape index (κ2) is 10.3. The number of hydrogen-bond acceptors (Lipinski definition) is 7. The quantitative estimate of drug-likeness (QED) is 0.503. The van der Waals surface area contributed by atoms with Crippen LogP contribution in [0.4, 0.5) is 0 Å². The summed E-state index contributed by atoms with van der Waals surface area (Å²) in [4.78, 5) is 2.18. The van der Waals surface area contributed by atoms with Crippen molar-refractivity contribution in [1.82, 2.24) is 4.90 Å². The maximum Gasteiger partial charge on any atom is 0.231 e. The third-order valence-electron chi connectivity index (χ3n) is 5.01. The van der Waals surface area contributed by atoms with E-state index in [1.54, 1.807) is 13.4 Å². The highest BCUT2D eigenvalue weighted by molar-refractivity contribution is 5.44. The number of aliphatic hydroxyl groups is 1. The zero-order valence-corrected chi connectivity index (χ0v) is 17.5. The lowest BCUT2D eigenvalue weighted by atomic mass is 10.1. The van der Waals surface area contributed by atoms with Gasteiger partial charge in [0.2, 0.25) is 6.79 Å².